The first-order valence-electron chi connectivity index (χ1n) is 4.16. The average Bonchev–Trinajstić information content (AvgIpc) is 2.16. The molecule has 5 nitrogen and oxygen atoms in total. The third-order valence-electron chi connectivity index (χ3n) is 2.23. The first kappa shape index (κ1) is 8.68. The quantitative estimate of drug-likeness (QED) is 0.633. The van der Waals surface area contributed by atoms with E-state index in [1.54, 1.807) is 14.0 Å². The summed E-state index contributed by atoms with van der Waals surface area (Å²) in [7, 11) is 1.62. The number of rotatable bonds is 0. The molecule has 1 N–H and O–H groups in total. The van der Waals surface area contributed by atoms with Crippen molar-refractivity contribution < 1.29 is 0 Å². The molecule has 0 radical (unpaired) electrons. The summed E-state index contributed by atoms with van der Waals surface area (Å²) >= 11 is 0. The number of nitrogens with one attached hydrogen (secondary N) is 1. The number of hydrogen-bond acceptors (Lipinski definition) is 3. The van der Waals surface area contributed by atoms with Crippen molar-refractivity contribution in [3.05, 3.63) is 38.5 Å². The van der Waals surface area contributed by atoms with Crippen molar-refractivity contribution in [3.8, 4) is 0 Å². The predicted molar refractivity (Wildman–Crippen MR) is 52.3 cm³/mol. The van der Waals surface area contributed by atoms with Crippen LogP contribution in [0.1, 0.15) is 5.69 Å². The van der Waals surface area contributed by atoms with E-state index in [0.29, 0.717) is 16.6 Å². The summed E-state index contributed by atoms with van der Waals surface area (Å²) in [5.74, 6) is 0. The Kier molecular flexibility index (Phi) is 1.73. The summed E-state index contributed by atoms with van der Waals surface area (Å²) < 4.78 is 1.42. The molecule has 0 saturated heterocycles. The highest BCUT2D eigenvalue weighted by atomic mass is 16.1. The number of pyridine rings is 1. The summed E-state index contributed by atoms with van der Waals surface area (Å²) in [5, 5.41) is 6.67. The molecule has 0 bridgehead atoms. The van der Waals surface area contributed by atoms with Crippen LogP contribution in [-0.2, 0) is 7.05 Å². The van der Waals surface area contributed by atoms with Gasteiger partial charge >= 0.3 is 0 Å². The molecule has 0 amide bonds. The number of aryl methyl sites for hydroxylation is 2. The van der Waals surface area contributed by atoms with Crippen LogP contribution in [0.3, 0.4) is 0 Å². The molecule has 0 aliphatic heterocycles. The summed E-state index contributed by atoms with van der Waals surface area (Å²) in [6.07, 6.45) is 0. The first-order chi connectivity index (χ1) is 6.61. The van der Waals surface area contributed by atoms with E-state index in [0.717, 1.165) is 0 Å². The van der Waals surface area contributed by atoms with E-state index in [1.807, 2.05) is 0 Å². The van der Waals surface area contributed by atoms with Crippen LogP contribution < -0.4 is 11.1 Å². The minimum atomic E-state index is -0.277. The van der Waals surface area contributed by atoms with Gasteiger partial charge in [-0.25, -0.2) is 5.10 Å². The minimum Gasteiger partial charge on any atom is -0.309 e. The molecule has 0 atom stereocenters. The molecule has 2 heterocycles. The Hall–Kier alpha value is -1.91. The highest BCUT2D eigenvalue weighted by Gasteiger charge is 2.06. The van der Waals surface area contributed by atoms with Gasteiger partial charge in [-0.05, 0) is 13.0 Å². The second-order valence-corrected chi connectivity index (χ2v) is 3.13. The van der Waals surface area contributed by atoms with Crippen molar-refractivity contribution >= 4 is 10.9 Å². The molecule has 0 aliphatic rings. The molecule has 2 rings (SSSR count). The van der Waals surface area contributed by atoms with Gasteiger partial charge in [0.05, 0.1) is 16.6 Å². The SMILES string of the molecule is Cc1n[nH]c(=O)c2ccc(=O)n(C)c12. The van der Waals surface area contributed by atoms with Gasteiger partial charge in [0, 0.05) is 13.1 Å². The van der Waals surface area contributed by atoms with Gasteiger partial charge in [0.1, 0.15) is 0 Å². The molecule has 0 unspecified atom stereocenters. The highest BCUT2D eigenvalue weighted by Crippen LogP contribution is 2.07. The van der Waals surface area contributed by atoms with E-state index in [1.165, 1.54) is 16.7 Å². The number of aromatic amines is 1. The molecule has 0 aromatic carbocycles. The Morgan fingerprint density at radius 1 is 1.36 bits per heavy atom. The van der Waals surface area contributed by atoms with Gasteiger partial charge < -0.3 is 4.57 Å². The van der Waals surface area contributed by atoms with E-state index in [9.17, 15) is 9.59 Å². The van der Waals surface area contributed by atoms with E-state index in [2.05, 4.69) is 10.2 Å². The predicted octanol–water partition coefficient (Wildman–Crippen LogP) is -0.0698. The number of hydrogen-bond donors (Lipinski definition) is 1. The fraction of sp³-hybridized carbons (Fsp3) is 0.222. The maximum atomic E-state index is 11.4. The third-order valence-corrected chi connectivity index (χ3v) is 2.23. The van der Waals surface area contributed by atoms with Gasteiger partial charge in [0.15, 0.2) is 0 Å². The largest absolute Gasteiger partial charge is 0.309 e. The fourth-order valence-corrected chi connectivity index (χ4v) is 1.50. The third kappa shape index (κ3) is 1.06. The van der Waals surface area contributed by atoms with Gasteiger partial charge in [-0.1, -0.05) is 0 Å². The van der Waals surface area contributed by atoms with Crippen LogP contribution in [0.25, 0.3) is 10.9 Å². The van der Waals surface area contributed by atoms with Gasteiger partial charge in [-0.3, -0.25) is 9.59 Å². The van der Waals surface area contributed by atoms with Crippen molar-refractivity contribution in [1.29, 1.82) is 0 Å². The lowest BCUT2D eigenvalue weighted by atomic mass is 10.2. The van der Waals surface area contributed by atoms with Gasteiger partial charge in [0.2, 0.25) is 0 Å². The van der Waals surface area contributed by atoms with Crippen molar-refractivity contribution in [2.24, 2.45) is 7.05 Å². The monoisotopic (exact) mass is 191 g/mol. The Balaban J connectivity index is 3.17. The van der Waals surface area contributed by atoms with Crippen molar-refractivity contribution in [2.45, 2.75) is 6.92 Å². The van der Waals surface area contributed by atoms with Crippen LogP contribution in [0.2, 0.25) is 0 Å². The van der Waals surface area contributed by atoms with Crippen LogP contribution in [0.15, 0.2) is 21.7 Å². The minimum absolute atomic E-state index is 0.145. The van der Waals surface area contributed by atoms with Crippen LogP contribution >= 0.6 is 0 Å². The smallest absolute Gasteiger partial charge is 0.273 e. The molecular weight excluding hydrogens is 182 g/mol. The number of fused-ring (bicyclic) bond motifs is 1. The van der Waals surface area contributed by atoms with Crippen LogP contribution in [0, 0.1) is 6.92 Å². The molecule has 0 spiro atoms. The van der Waals surface area contributed by atoms with Gasteiger partial charge in [-0.15, -0.1) is 0 Å². The van der Waals surface area contributed by atoms with Gasteiger partial charge in [-0.2, -0.15) is 5.10 Å². The Morgan fingerprint density at radius 3 is 2.79 bits per heavy atom. The average molecular weight is 191 g/mol. The summed E-state index contributed by atoms with van der Waals surface area (Å²) in [5.41, 5.74) is 0.801. The second-order valence-electron chi connectivity index (χ2n) is 3.13. The fourth-order valence-electron chi connectivity index (χ4n) is 1.50. The zero-order valence-corrected chi connectivity index (χ0v) is 7.87. The molecule has 2 aromatic heterocycles. The molecule has 0 saturated carbocycles. The highest BCUT2D eigenvalue weighted by molar-refractivity contribution is 5.79. The molecule has 0 aliphatic carbocycles. The normalized spacial score (nSPS) is 10.7. The molecule has 5 heteroatoms. The van der Waals surface area contributed by atoms with Crippen molar-refractivity contribution in [3.63, 3.8) is 0 Å². The molecule has 0 fully saturated rings. The molecule has 72 valence electrons. The zero-order valence-electron chi connectivity index (χ0n) is 7.87. The molecule has 2 aromatic rings. The van der Waals surface area contributed by atoms with E-state index >= 15 is 0 Å². The topological polar surface area (TPSA) is 67.8 Å². The number of aromatic nitrogens is 3. The van der Waals surface area contributed by atoms with Gasteiger partial charge in [0.25, 0.3) is 11.1 Å². The second kappa shape index (κ2) is 2.80. The molecule has 14 heavy (non-hydrogen) atoms. The van der Waals surface area contributed by atoms with E-state index in [4.69, 9.17) is 0 Å². The number of H-pyrrole nitrogens is 1. The maximum absolute atomic E-state index is 11.4. The summed E-state index contributed by atoms with van der Waals surface area (Å²) in [6.45, 7) is 1.75. The molecular formula is C9H9N3O2. The van der Waals surface area contributed by atoms with E-state index < -0.39 is 0 Å². The van der Waals surface area contributed by atoms with E-state index in [-0.39, 0.29) is 11.1 Å². The lowest BCUT2D eigenvalue weighted by molar-refractivity contribution is 0.873. The van der Waals surface area contributed by atoms with Crippen LogP contribution in [0.5, 0.6) is 0 Å². The Labute approximate surface area is 79.0 Å². The maximum Gasteiger partial charge on any atom is 0.273 e. The summed E-state index contributed by atoms with van der Waals surface area (Å²) in [4.78, 5) is 22.7. The Morgan fingerprint density at radius 2 is 2.07 bits per heavy atom. The van der Waals surface area contributed by atoms with Crippen LogP contribution in [-0.4, -0.2) is 14.8 Å². The lowest BCUT2D eigenvalue weighted by Gasteiger charge is -2.04. The Bertz CT molecular complexity index is 609. The zero-order chi connectivity index (χ0) is 10.3. The van der Waals surface area contributed by atoms with Crippen LogP contribution in [0.4, 0.5) is 0 Å². The van der Waals surface area contributed by atoms with Crippen molar-refractivity contribution in [2.75, 3.05) is 0 Å². The standard InChI is InChI=1S/C9H9N3O2/c1-5-8-6(9(14)11-10-5)3-4-7(13)12(8)2/h3-4H,1-2H3,(H,11,14). The summed E-state index contributed by atoms with van der Waals surface area (Å²) in [6, 6.07) is 2.89. The first-order valence-corrected chi connectivity index (χ1v) is 4.16. The lowest BCUT2D eigenvalue weighted by Crippen LogP contribution is -2.20. The number of nitrogens with zero attached hydrogens (tertiary/aromatic N) is 2. The van der Waals surface area contributed by atoms with Crippen molar-refractivity contribution in [1.82, 2.24) is 14.8 Å².